The fourth-order valence-electron chi connectivity index (χ4n) is 3.25. The zero-order valence-electron chi connectivity index (χ0n) is 18.9. The van der Waals surface area contributed by atoms with Crippen LogP contribution in [-0.4, -0.2) is 36.0 Å². The Hall–Kier alpha value is -4.60. The normalized spacial score (nSPS) is 10.3. The van der Waals surface area contributed by atoms with Crippen LogP contribution in [-0.2, 0) is 11.3 Å². The molecule has 0 spiro atoms. The molecule has 0 heterocycles. The van der Waals surface area contributed by atoms with E-state index in [1.807, 2.05) is 0 Å². The van der Waals surface area contributed by atoms with Gasteiger partial charge in [0.05, 0.1) is 17.9 Å². The lowest BCUT2D eigenvalue weighted by Gasteiger charge is -2.17. The lowest BCUT2D eigenvalue weighted by Crippen LogP contribution is -2.16. The van der Waals surface area contributed by atoms with Gasteiger partial charge >= 0.3 is 5.97 Å². The van der Waals surface area contributed by atoms with E-state index in [-0.39, 0.29) is 29.4 Å². The highest BCUT2D eigenvalue weighted by Gasteiger charge is 2.16. The van der Waals surface area contributed by atoms with Crippen molar-refractivity contribution in [3.8, 4) is 11.5 Å². The summed E-state index contributed by atoms with van der Waals surface area (Å²) in [5.74, 6) is -1.63. The number of hydrogen-bond donors (Lipinski definition) is 5. The van der Waals surface area contributed by atoms with Crippen molar-refractivity contribution in [2.45, 2.75) is 13.5 Å². The molecule has 0 aliphatic heterocycles. The number of halogens is 1. The van der Waals surface area contributed by atoms with Crippen LogP contribution in [0.3, 0.4) is 0 Å². The van der Waals surface area contributed by atoms with Gasteiger partial charge in [0.25, 0.3) is 5.91 Å². The minimum absolute atomic E-state index is 0.0898. The number of ether oxygens (including phenoxy) is 2. The molecule has 0 saturated carbocycles. The Morgan fingerprint density at radius 1 is 1.09 bits per heavy atom. The zero-order valence-corrected chi connectivity index (χ0v) is 18.9. The van der Waals surface area contributed by atoms with E-state index >= 15 is 0 Å². The summed E-state index contributed by atoms with van der Waals surface area (Å²) in [6.45, 7) is 1.68. The van der Waals surface area contributed by atoms with E-state index in [0.717, 1.165) is 0 Å². The van der Waals surface area contributed by atoms with Crippen molar-refractivity contribution in [2.75, 3.05) is 23.8 Å². The number of carboxylic acid groups (broad SMARTS) is 1. The third kappa shape index (κ3) is 6.70. The standard InChI is InChI=1S/C25H25FN4O5/c1-2-34-21-5-3-4-16(23(21)35-14-22(31)32)13-29-20-12-17(26)8-11-19(20)25(33)30-18-9-6-15(7-10-18)24(27)28/h3-12,29H,2,13-14H2,1H3,(H3,27,28)(H,30,33)(H,31,32). The molecule has 0 aliphatic rings. The molecular formula is C25H25FN4O5. The molecular weight excluding hydrogens is 455 g/mol. The summed E-state index contributed by atoms with van der Waals surface area (Å²) in [6, 6.07) is 15.2. The average molecular weight is 480 g/mol. The van der Waals surface area contributed by atoms with E-state index in [4.69, 9.17) is 25.7 Å². The maximum atomic E-state index is 14.0. The fraction of sp³-hybridized carbons (Fsp3) is 0.160. The smallest absolute Gasteiger partial charge is 0.341 e. The molecule has 3 aromatic rings. The molecule has 0 aromatic heterocycles. The van der Waals surface area contributed by atoms with Crippen molar-refractivity contribution in [3.05, 3.63) is 83.2 Å². The molecule has 182 valence electrons. The molecule has 9 nitrogen and oxygen atoms in total. The Kier molecular flexibility index (Phi) is 8.23. The number of amidine groups is 1. The summed E-state index contributed by atoms with van der Waals surface area (Å²) in [5.41, 5.74) is 7.42. The number of rotatable bonds is 11. The number of nitrogens with two attached hydrogens (primary N) is 1. The second kappa shape index (κ2) is 11.5. The molecule has 6 N–H and O–H groups in total. The summed E-state index contributed by atoms with van der Waals surface area (Å²) in [6.07, 6.45) is 0. The number of anilines is 2. The number of nitrogen functional groups attached to an aromatic ring is 1. The van der Waals surface area contributed by atoms with Crippen molar-refractivity contribution < 1.29 is 28.6 Å². The Balaban J connectivity index is 1.82. The van der Waals surface area contributed by atoms with Crippen molar-refractivity contribution >= 4 is 29.1 Å². The van der Waals surface area contributed by atoms with Crippen LogP contribution in [0.15, 0.2) is 60.7 Å². The second-order valence-corrected chi connectivity index (χ2v) is 7.35. The molecule has 0 unspecified atom stereocenters. The van der Waals surface area contributed by atoms with Crippen LogP contribution >= 0.6 is 0 Å². The van der Waals surface area contributed by atoms with Gasteiger partial charge in [0.2, 0.25) is 0 Å². The van der Waals surface area contributed by atoms with Gasteiger partial charge in [-0.3, -0.25) is 10.2 Å². The van der Waals surface area contributed by atoms with Crippen LogP contribution in [0.4, 0.5) is 15.8 Å². The first-order valence-electron chi connectivity index (χ1n) is 10.7. The molecule has 1 amide bonds. The Morgan fingerprint density at radius 3 is 2.49 bits per heavy atom. The summed E-state index contributed by atoms with van der Waals surface area (Å²) in [5, 5.41) is 22.2. The van der Waals surface area contributed by atoms with Crippen LogP contribution in [0.5, 0.6) is 11.5 Å². The number of carbonyl (C=O) groups is 2. The minimum Gasteiger partial charge on any atom is -0.490 e. The highest BCUT2D eigenvalue weighted by Crippen LogP contribution is 2.32. The molecule has 0 atom stereocenters. The van der Waals surface area contributed by atoms with E-state index in [9.17, 15) is 14.0 Å². The molecule has 3 aromatic carbocycles. The van der Waals surface area contributed by atoms with Crippen molar-refractivity contribution in [1.82, 2.24) is 0 Å². The van der Waals surface area contributed by atoms with Crippen LogP contribution in [0.25, 0.3) is 0 Å². The predicted molar refractivity (Wildman–Crippen MR) is 130 cm³/mol. The highest BCUT2D eigenvalue weighted by atomic mass is 19.1. The van der Waals surface area contributed by atoms with E-state index in [2.05, 4.69) is 10.6 Å². The lowest BCUT2D eigenvalue weighted by molar-refractivity contribution is -0.139. The van der Waals surface area contributed by atoms with Crippen LogP contribution in [0, 0.1) is 11.2 Å². The van der Waals surface area contributed by atoms with Crippen molar-refractivity contribution in [2.24, 2.45) is 5.73 Å². The molecule has 0 saturated heterocycles. The predicted octanol–water partition coefficient (Wildman–Crippen LogP) is 3.84. The summed E-state index contributed by atoms with van der Waals surface area (Å²) in [7, 11) is 0. The van der Waals surface area contributed by atoms with E-state index < -0.39 is 24.3 Å². The van der Waals surface area contributed by atoms with Gasteiger partial charge in [0.15, 0.2) is 18.1 Å². The third-order valence-corrected chi connectivity index (χ3v) is 4.85. The van der Waals surface area contributed by atoms with Gasteiger partial charge in [0, 0.05) is 23.4 Å². The van der Waals surface area contributed by atoms with Gasteiger partial charge in [-0.2, -0.15) is 0 Å². The third-order valence-electron chi connectivity index (χ3n) is 4.85. The topological polar surface area (TPSA) is 147 Å². The first kappa shape index (κ1) is 25.0. The van der Waals surface area contributed by atoms with Gasteiger partial charge in [-0.25, -0.2) is 9.18 Å². The second-order valence-electron chi connectivity index (χ2n) is 7.35. The van der Waals surface area contributed by atoms with Gasteiger partial charge < -0.3 is 30.9 Å². The number of carbonyl (C=O) groups excluding carboxylic acids is 1. The summed E-state index contributed by atoms with van der Waals surface area (Å²) in [4.78, 5) is 23.9. The number of benzene rings is 3. The number of para-hydroxylation sites is 1. The van der Waals surface area contributed by atoms with E-state index in [1.54, 1.807) is 49.4 Å². The van der Waals surface area contributed by atoms with Crippen LogP contribution < -0.4 is 25.8 Å². The Morgan fingerprint density at radius 2 is 1.83 bits per heavy atom. The molecule has 0 fully saturated rings. The fourth-order valence-corrected chi connectivity index (χ4v) is 3.25. The summed E-state index contributed by atoms with van der Waals surface area (Å²) >= 11 is 0. The number of nitrogens with one attached hydrogen (secondary N) is 3. The zero-order chi connectivity index (χ0) is 25.4. The molecule has 35 heavy (non-hydrogen) atoms. The molecule has 10 heteroatoms. The number of aliphatic carboxylic acids is 1. The SMILES string of the molecule is CCOc1cccc(CNc2cc(F)ccc2C(=O)Nc2ccc(C(=N)N)cc2)c1OCC(=O)O. The van der Waals surface area contributed by atoms with Crippen molar-refractivity contribution in [3.63, 3.8) is 0 Å². The minimum atomic E-state index is -1.14. The maximum absolute atomic E-state index is 14.0. The van der Waals surface area contributed by atoms with Gasteiger partial charge in [-0.05, 0) is 55.5 Å². The van der Waals surface area contributed by atoms with Gasteiger partial charge in [-0.15, -0.1) is 0 Å². The van der Waals surface area contributed by atoms with Crippen LogP contribution in [0.1, 0.15) is 28.4 Å². The summed E-state index contributed by atoms with van der Waals surface area (Å²) < 4.78 is 25.0. The van der Waals surface area contributed by atoms with E-state index in [0.29, 0.717) is 29.2 Å². The van der Waals surface area contributed by atoms with Gasteiger partial charge in [-0.1, -0.05) is 12.1 Å². The number of carboxylic acids is 1. The van der Waals surface area contributed by atoms with Crippen molar-refractivity contribution in [1.29, 1.82) is 5.41 Å². The highest BCUT2D eigenvalue weighted by molar-refractivity contribution is 6.08. The average Bonchev–Trinajstić information content (AvgIpc) is 2.82. The monoisotopic (exact) mass is 480 g/mol. The maximum Gasteiger partial charge on any atom is 0.341 e. The molecule has 0 aliphatic carbocycles. The quantitative estimate of drug-likeness (QED) is 0.207. The molecule has 3 rings (SSSR count). The Bertz CT molecular complexity index is 1230. The Labute approximate surface area is 201 Å². The first-order chi connectivity index (χ1) is 16.8. The molecule has 0 bridgehead atoms. The number of amides is 1. The van der Waals surface area contributed by atoms with Crippen LogP contribution in [0.2, 0.25) is 0 Å². The van der Waals surface area contributed by atoms with Gasteiger partial charge in [0.1, 0.15) is 11.7 Å². The molecule has 0 radical (unpaired) electrons. The first-order valence-corrected chi connectivity index (χ1v) is 10.7. The number of hydrogen-bond acceptors (Lipinski definition) is 6. The lowest BCUT2D eigenvalue weighted by atomic mass is 10.1. The van der Waals surface area contributed by atoms with E-state index in [1.165, 1.54) is 18.2 Å². The largest absolute Gasteiger partial charge is 0.490 e.